The minimum absolute atomic E-state index is 0.105. The Labute approximate surface area is 524 Å². The van der Waals surface area contributed by atoms with Crippen molar-refractivity contribution >= 4 is 39.5 Å². The number of aliphatic hydroxyl groups excluding tert-OH is 1. The van der Waals surface area contributed by atoms with E-state index < -0.39 is 97.5 Å². The maximum absolute atomic E-state index is 13.0. The molecule has 0 heterocycles. The molecule has 0 bridgehead atoms. The molecular formula is C67H130O17P2. The Morgan fingerprint density at radius 3 is 0.884 bits per heavy atom. The van der Waals surface area contributed by atoms with Gasteiger partial charge in [0.25, 0.3) is 0 Å². The van der Waals surface area contributed by atoms with Crippen molar-refractivity contribution in [2.24, 2.45) is 17.8 Å². The molecule has 0 rings (SSSR count). The predicted octanol–water partition coefficient (Wildman–Crippen LogP) is 18.7. The lowest BCUT2D eigenvalue weighted by molar-refractivity contribution is -0.161. The summed E-state index contributed by atoms with van der Waals surface area (Å²) >= 11 is 0. The van der Waals surface area contributed by atoms with Gasteiger partial charge in [0.05, 0.1) is 26.4 Å². The zero-order chi connectivity index (χ0) is 63.8. The minimum atomic E-state index is -4.95. The number of phosphoric ester groups is 2. The molecule has 0 aromatic carbocycles. The van der Waals surface area contributed by atoms with Crippen molar-refractivity contribution in [1.82, 2.24) is 0 Å². The van der Waals surface area contributed by atoms with Crippen molar-refractivity contribution in [2.75, 3.05) is 39.6 Å². The van der Waals surface area contributed by atoms with E-state index in [0.29, 0.717) is 31.6 Å². The first-order chi connectivity index (χ1) is 41.3. The minimum Gasteiger partial charge on any atom is -0.462 e. The molecule has 6 atom stereocenters. The number of rotatable bonds is 65. The summed E-state index contributed by atoms with van der Waals surface area (Å²) in [6, 6.07) is 0. The summed E-state index contributed by atoms with van der Waals surface area (Å²) in [5.74, 6) is 0.109. The second-order valence-corrected chi connectivity index (χ2v) is 28.3. The number of hydrogen-bond donors (Lipinski definition) is 3. The number of carbonyl (C=O) groups is 4. The van der Waals surface area contributed by atoms with Gasteiger partial charge in [0.1, 0.15) is 19.3 Å². The van der Waals surface area contributed by atoms with E-state index in [9.17, 15) is 43.2 Å². The zero-order valence-corrected chi connectivity index (χ0v) is 57.6. The second-order valence-electron chi connectivity index (χ2n) is 25.4. The monoisotopic (exact) mass is 1270 g/mol. The van der Waals surface area contributed by atoms with Gasteiger partial charge in [-0.15, -0.1) is 0 Å². The third-order valence-corrected chi connectivity index (χ3v) is 17.6. The SMILES string of the molecule is CCCCCCCCCCCCC(=O)O[C@H](COC(=O)CCCCCCCCC(C)C)COP(=O)(O)OC[C@H](O)COP(=O)(O)OC[C@@H](COC(=O)CCCCCCCCCCCCC(C)C)OC(=O)CCCCCCCCCCCCC(C)CC. The summed E-state index contributed by atoms with van der Waals surface area (Å²) in [5, 5.41) is 10.6. The van der Waals surface area contributed by atoms with Crippen LogP contribution in [0.5, 0.6) is 0 Å². The van der Waals surface area contributed by atoms with Gasteiger partial charge in [-0.05, 0) is 43.4 Å². The second kappa shape index (κ2) is 58.2. The number of hydrogen-bond acceptors (Lipinski definition) is 15. The highest BCUT2D eigenvalue weighted by Crippen LogP contribution is 2.45. The highest BCUT2D eigenvalue weighted by Gasteiger charge is 2.30. The van der Waals surface area contributed by atoms with Gasteiger partial charge in [0.15, 0.2) is 12.2 Å². The number of phosphoric acid groups is 2. The Bertz CT molecular complexity index is 1700. The molecule has 0 spiro atoms. The lowest BCUT2D eigenvalue weighted by atomic mass is 9.99. The Balaban J connectivity index is 5.25. The average Bonchev–Trinajstić information content (AvgIpc) is 3.59. The number of esters is 4. The van der Waals surface area contributed by atoms with Crippen molar-refractivity contribution in [1.29, 1.82) is 0 Å². The van der Waals surface area contributed by atoms with Gasteiger partial charge in [-0.25, -0.2) is 9.13 Å². The van der Waals surface area contributed by atoms with Crippen LogP contribution in [-0.2, 0) is 65.4 Å². The van der Waals surface area contributed by atoms with E-state index in [2.05, 4.69) is 48.5 Å². The molecule has 3 unspecified atom stereocenters. The normalized spacial score (nSPS) is 14.6. The molecule has 0 aromatic heterocycles. The molecule has 17 nitrogen and oxygen atoms in total. The summed E-state index contributed by atoms with van der Waals surface area (Å²) in [6.45, 7) is 11.7. The highest BCUT2D eigenvalue weighted by molar-refractivity contribution is 7.47. The van der Waals surface area contributed by atoms with Crippen LogP contribution >= 0.6 is 15.6 Å². The smallest absolute Gasteiger partial charge is 0.462 e. The summed E-state index contributed by atoms with van der Waals surface area (Å²) in [7, 11) is -9.89. The lowest BCUT2D eigenvalue weighted by Gasteiger charge is -2.21. The van der Waals surface area contributed by atoms with Crippen LogP contribution in [0.25, 0.3) is 0 Å². The molecule has 0 fully saturated rings. The van der Waals surface area contributed by atoms with E-state index >= 15 is 0 Å². The first-order valence-corrected chi connectivity index (χ1v) is 37.9. The van der Waals surface area contributed by atoms with E-state index in [1.165, 1.54) is 135 Å². The third kappa shape index (κ3) is 59.7. The van der Waals surface area contributed by atoms with Crippen LogP contribution in [0.1, 0.15) is 331 Å². The van der Waals surface area contributed by atoms with Gasteiger partial charge in [-0.1, -0.05) is 280 Å². The molecule has 0 aliphatic heterocycles. The van der Waals surface area contributed by atoms with Crippen LogP contribution in [-0.4, -0.2) is 96.7 Å². The molecule has 0 saturated heterocycles. The van der Waals surface area contributed by atoms with Crippen molar-refractivity contribution in [3.05, 3.63) is 0 Å². The van der Waals surface area contributed by atoms with Crippen LogP contribution in [0.3, 0.4) is 0 Å². The summed E-state index contributed by atoms with van der Waals surface area (Å²) in [6.07, 6.45) is 40.3. The molecule has 3 N–H and O–H groups in total. The van der Waals surface area contributed by atoms with Crippen LogP contribution in [0.2, 0.25) is 0 Å². The average molecular weight is 1270 g/mol. The topological polar surface area (TPSA) is 237 Å². The maximum Gasteiger partial charge on any atom is 0.472 e. The lowest BCUT2D eigenvalue weighted by Crippen LogP contribution is -2.30. The van der Waals surface area contributed by atoms with E-state index in [0.717, 1.165) is 108 Å². The van der Waals surface area contributed by atoms with Gasteiger partial charge >= 0.3 is 39.5 Å². The Hall–Kier alpha value is -1.94. The van der Waals surface area contributed by atoms with Crippen LogP contribution in [0, 0.1) is 17.8 Å². The molecule has 0 aliphatic carbocycles. The van der Waals surface area contributed by atoms with Gasteiger partial charge < -0.3 is 33.8 Å². The molecule has 0 aromatic rings. The number of aliphatic hydroxyl groups is 1. The van der Waals surface area contributed by atoms with Gasteiger partial charge in [0.2, 0.25) is 0 Å². The maximum atomic E-state index is 13.0. The van der Waals surface area contributed by atoms with Crippen molar-refractivity contribution in [3.8, 4) is 0 Å². The molecule has 0 amide bonds. The third-order valence-electron chi connectivity index (χ3n) is 15.7. The van der Waals surface area contributed by atoms with Crippen molar-refractivity contribution < 1.29 is 80.2 Å². The van der Waals surface area contributed by atoms with E-state index in [1.807, 2.05) is 0 Å². The van der Waals surface area contributed by atoms with Crippen molar-refractivity contribution in [2.45, 2.75) is 349 Å². The van der Waals surface area contributed by atoms with Gasteiger partial charge in [-0.2, -0.15) is 0 Å². The van der Waals surface area contributed by atoms with E-state index in [-0.39, 0.29) is 25.7 Å². The van der Waals surface area contributed by atoms with Crippen molar-refractivity contribution in [3.63, 3.8) is 0 Å². The fraction of sp³-hybridized carbons (Fsp3) is 0.940. The number of ether oxygens (including phenoxy) is 4. The zero-order valence-electron chi connectivity index (χ0n) is 55.8. The quantitative estimate of drug-likeness (QED) is 0.0222. The fourth-order valence-electron chi connectivity index (χ4n) is 9.98. The summed E-state index contributed by atoms with van der Waals surface area (Å²) in [5.41, 5.74) is 0. The summed E-state index contributed by atoms with van der Waals surface area (Å²) < 4.78 is 68.1. The van der Waals surface area contributed by atoms with Crippen LogP contribution < -0.4 is 0 Å². The molecule has 86 heavy (non-hydrogen) atoms. The fourth-order valence-corrected chi connectivity index (χ4v) is 11.6. The van der Waals surface area contributed by atoms with Gasteiger partial charge in [0, 0.05) is 25.7 Å². The van der Waals surface area contributed by atoms with E-state index in [1.54, 1.807) is 0 Å². The first kappa shape index (κ1) is 84.1. The molecule has 0 aliphatic rings. The molecular weight excluding hydrogens is 1140 g/mol. The Morgan fingerprint density at radius 2 is 0.593 bits per heavy atom. The Morgan fingerprint density at radius 1 is 0.337 bits per heavy atom. The molecule has 0 radical (unpaired) electrons. The van der Waals surface area contributed by atoms with E-state index in [4.69, 9.17) is 37.0 Å². The Kier molecular flexibility index (Phi) is 56.9. The first-order valence-electron chi connectivity index (χ1n) is 34.9. The number of unbranched alkanes of at least 4 members (excludes halogenated alkanes) is 32. The molecule has 19 heteroatoms. The van der Waals surface area contributed by atoms with Crippen LogP contribution in [0.4, 0.5) is 0 Å². The number of carbonyl (C=O) groups excluding carboxylic acids is 4. The highest BCUT2D eigenvalue weighted by atomic mass is 31.2. The predicted molar refractivity (Wildman–Crippen MR) is 344 cm³/mol. The summed E-state index contributed by atoms with van der Waals surface area (Å²) in [4.78, 5) is 72.3. The van der Waals surface area contributed by atoms with Gasteiger partial charge in [-0.3, -0.25) is 37.3 Å². The largest absolute Gasteiger partial charge is 0.472 e. The standard InChI is InChI=1S/C67H130O17P2/c1-8-10-11-12-13-14-21-27-36-43-50-66(71)84-63(55-78-65(70)49-42-35-30-29-32-39-46-59(5)6)57-82-86(75,76)80-53-61(68)52-79-85(73,74)81-56-62(54-77-64(69)48-41-34-26-22-17-15-19-24-31-38-45-58(3)4)83-67(72)51-44-37-28-23-18-16-20-25-33-40-47-60(7)9-2/h58-63,68H,8-57H2,1-7H3,(H,73,74)(H,75,76)/t60?,61-,62-,63-/m1/s1. The molecule has 0 saturated carbocycles. The molecule has 510 valence electrons. The van der Waals surface area contributed by atoms with Crippen LogP contribution in [0.15, 0.2) is 0 Å².